The van der Waals surface area contributed by atoms with Crippen LogP contribution in [0.1, 0.15) is 23.7 Å². The maximum Gasteiger partial charge on any atom is 0.257 e. The highest BCUT2D eigenvalue weighted by Crippen LogP contribution is 2.17. The number of hydrogen-bond donors (Lipinski definition) is 2. The van der Waals surface area contributed by atoms with Crippen molar-refractivity contribution in [2.24, 2.45) is 0 Å². The number of pyridine rings is 1. The minimum absolute atomic E-state index is 0.210. The van der Waals surface area contributed by atoms with Crippen LogP contribution in [0.25, 0.3) is 0 Å². The number of nitrogens with zero attached hydrogens (tertiary/aromatic N) is 1. The van der Waals surface area contributed by atoms with Gasteiger partial charge in [0.25, 0.3) is 5.91 Å². The van der Waals surface area contributed by atoms with Crippen molar-refractivity contribution in [3.05, 3.63) is 48.2 Å². The Hall–Kier alpha value is -2.60. The molecule has 0 aliphatic heterocycles. The Kier molecular flexibility index (Phi) is 7.04. The largest absolute Gasteiger partial charge is 0.497 e. The van der Waals surface area contributed by atoms with Crippen molar-refractivity contribution >= 4 is 17.4 Å². The number of anilines is 2. The lowest BCUT2D eigenvalue weighted by molar-refractivity contribution is 0.102. The molecule has 0 atom stereocenters. The molecular formula is C18H23N3O3. The van der Waals surface area contributed by atoms with E-state index in [0.29, 0.717) is 17.0 Å². The molecule has 0 radical (unpaired) electrons. The summed E-state index contributed by atoms with van der Waals surface area (Å²) in [6.07, 6.45) is 2.47. The monoisotopic (exact) mass is 329 g/mol. The summed E-state index contributed by atoms with van der Waals surface area (Å²) in [4.78, 5) is 16.5. The average molecular weight is 329 g/mol. The summed E-state index contributed by atoms with van der Waals surface area (Å²) in [6.45, 7) is 4.21. The van der Waals surface area contributed by atoms with E-state index in [1.54, 1.807) is 31.5 Å². The molecule has 24 heavy (non-hydrogen) atoms. The second-order valence-corrected chi connectivity index (χ2v) is 5.10. The van der Waals surface area contributed by atoms with E-state index in [1.807, 2.05) is 25.1 Å². The van der Waals surface area contributed by atoms with Crippen molar-refractivity contribution in [1.82, 2.24) is 4.98 Å². The minimum atomic E-state index is -0.210. The van der Waals surface area contributed by atoms with Crippen LogP contribution in [0.15, 0.2) is 42.6 Å². The molecule has 0 aliphatic rings. The number of carbonyl (C=O) groups excluding carboxylic acids is 1. The number of benzene rings is 1. The van der Waals surface area contributed by atoms with Crippen molar-refractivity contribution in [2.45, 2.75) is 13.3 Å². The Labute approximate surface area is 142 Å². The highest BCUT2D eigenvalue weighted by atomic mass is 16.5. The lowest BCUT2D eigenvalue weighted by atomic mass is 10.2. The molecule has 1 aromatic carbocycles. The molecule has 0 unspecified atom stereocenters. The van der Waals surface area contributed by atoms with Crippen LogP contribution in [0, 0.1) is 0 Å². The van der Waals surface area contributed by atoms with Gasteiger partial charge < -0.3 is 20.1 Å². The normalized spacial score (nSPS) is 10.2. The molecule has 0 aliphatic carbocycles. The molecule has 0 saturated carbocycles. The van der Waals surface area contributed by atoms with Gasteiger partial charge in [-0.15, -0.1) is 0 Å². The Morgan fingerprint density at radius 1 is 1.25 bits per heavy atom. The standard InChI is InChI=1S/C18H23N3O3/c1-3-24-11-5-10-19-17-9-8-14(13-20-17)18(22)21-15-6-4-7-16(12-15)23-2/h4,6-9,12-13H,3,5,10-11H2,1-2H3,(H,19,20)(H,21,22). The van der Waals surface area contributed by atoms with Crippen molar-refractivity contribution in [2.75, 3.05) is 37.5 Å². The van der Waals surface area contributed by atoms with Gasteiger partial charge in [0, 0.05) is 37.7 Å². The zero-order valence-corrected chi connectivity index (χ0v) is 14.0. The SMILES string of the molecule is CCOCCCNc1ccc(C(=O)Nc2cccc(OC)c2)cn1. The minimum Gasteiger partial charge on any atom is -0.497 e. The summed E-state index contributed by atoms with van der Waals surface area (Å²) in [5, 5.41) is 6.02. The molecule has 6 nitrogen and oxygen atoms in total. The molecule has 1 heterocycles. The molecule has 0 fully saturated rings. The fourth-order valence-corrected chi connectivity index (χ4v) is 2.07. The molecule has 6 heteroatoms. The van der Waals surface area contributed by atoms with E-state index in [1.165, 1.54) is 0 Å². The summed E-state index contributed by atoms with van der Waals surface area (Å²) < 4.78 is 10.4. The molecule has 128 valence electrons. The van der Waals surface area contributed by atoms with Gasteiger partial charge in [-0.05, 0) is 37.6 Å². The fourth-order valence-electron chi connectivity index (χ4n) is 2.07. The van der Waals surface area contributed by atoms with E-state index in [-0.39, 0.29) is 5.91 Å². The first-order valence-electron chi connectivity index (χ1n) is 7.96. The van der Waals surface area contributed by atoms with Gasteiger partial charge >= 0.3 is 0 Å². The number of rotatable bonds is 9. The molecule has 0 spiro atoms. The zero-order chi connectivity index (χ0) is 17.2. The molecule has 0 bridgehead atoms. The smallest absolute Gasteiger partial charge is 0.257 e. The van der Waals surface area contributed by atoms with Gasteiger partial charge in [-0.1, -0.05) is 6.07 Å². The topological polar surface area (TPSA) is 72.5 Å². The lowest BCUT2D eigenvalue weighted by Crippen LogP contribution is -2.13. The Morgan fingerprint density at radius 3 is 2.83 bits per heavy atom. The van der Waals surface area contributed by atoms with Crippen LogP contribution >= 0.6 is 0 Å². The van der Waals surface area contributed by atoms with Crippen LogP contribution in [-0.2, 0) is 4.74 Å². The van der Waals surface area contributed by atoms with Crippen molar-refractivity contribution < 1.29 is 14.3 Å². The molecule has 2 N–H and O–H groups in total. The van der Waals surface area contributed by atoms with E-state index in [2.05, 4.69) is 15.6 Å². The van der Waals surface area contributed by atoms with Gasteiger partial charge in [0.05, 0.1) is 12.7 Å². The summed E-state index contributed by atoms with van der Waals surface area (Å²) in [5.41, 5.74) is 1.18. The molecular weight excluding hydrogens is 306 g/mol. The van der Waals surface area contributed by atoms with Crippen LogP contribution in [0.3, 0.4) is 0 Å². The molecule has 1 amide bonds. The summed E-state index contributed by atoms with van der Waals surface area (Å²) in [5.74, 6) is 1.22. The maximum absolute atomic E-state index is 12.2. The predicted molar refractivity (Wildman–Crippen MR) is 94.8 cm³/mol. The van der Waals surface area contributed by atoms with Crippen LogP contribution in [0.2, 0.25) is 0 Å². The highest BCUT2D eigenvalue weighted by molar-refractivity contribution is 6.04. The second kappa shape index (κ2) is 9.52. The quantitative estimate of drug-likeness (QED) is 0.691. The van der Waals surface area contributed by atoms with E-state index in [0.717, 1.165) is 32.0 Å². The summed E-state index contributed by atoms with van der Waals surface area (Å²) in [6, 6.07) is 10.8. The zero-order valence-electron chi connectivity index (χ0n) is 14.0. The van der Waals surface area contributed by atoms with Gasteiger partial charge in [-0.25, -0.2) is 4.98 Å². The van der Waals surface area contributed by atoms with Gasteiger partial charge in [0.15, 0.2) is 0 Å². The summed E-state index contributed by atoms with van der Waals surface area (Å²) >= 11 is 0. The van der Waals surface area contributed by atoms with E-state index in [9.17, 15) is 4.79 Å². The first-order chi connectivity index (χ1) is 11.7. The van der Waals surface area contributed by atoms with Crippen LogP contribution in [0.4, 0.5) is 11.5 Å². The fraction of sp³-hybridized carbons (Fsp3) is 0.333. The number of carbonyl (C=O) groups is 1. The van der Waals surface area contributed by atoms with Gasteiger partial charge in [0.2, 0.25) is 0 Å². The lowest BCUT2D eigenvalue weighted by Gasteiger charge is -2.08. The first kappa shape index (κ1) is 17.7. The number of aromatic nitrogens is 1. The Balaban J connectivity index is 1.86. The van der Waals surface area contributed by atoms with Gasteiger partial charge in [0.1, 0.15) is 11.6 Å². The molecule has 1 aromatic heterocycles. The van der Waals surface area contributed by atoms with Crippen LogP contribution in [0.5, 0.6) is 5.75 Å². The van der Waals surface area contributed by atoms with Gasteiger partial charge in [-0.3, -0.25) is 4.79 Å². The van der Waals surface area contributed by atoms with Crippen LogP contribution in [-0.4, -0.2) is 37.8 Å². The van der Waals surface area contributed by atoms with Crippen molar-refractivity contribution in [1.29, 1.82) is 0 Å². The number of amides is 1. The number of ether oxygens (including phenoxy) is 2. The highest BCUT2D eigenvalue weighted by Gasteiger charge is 2.07. The second-order valence-electron chi connectivity index (χ2n) is 5.10. The third-order valence-electron chi connectivity index (χ3n) is 3.33. The molecule has 2 rings (SSSR count). The Morgan fingerprint density at radius 2 is 2.12 bits per heavy atom. The third-order valence-corrected chi connectivity index (χ3v) is 3.33. The van der Waals surface area contributed by atoms with Crippen molar-refractivity contribution in [3.63, 3.8) is 0 Å². The molecule has 2 aromatic rings. The van der Waals surface area contributed by atoms with Crippen LogP contribution < -0.4 is 15.4 Å². The predicted octanol–water partition coefficient (Wildman–Crippen LogP) is 3.18. The number of hydrogen-bond acceptors (Lipinski definition) is 5. The van der Waals surface area contributed by atoms with Gasteiger partial charge in [-0.2, -0.15) is 0 Å². The van der Waals surface area contributed by atoms with E-state index in [4.69, 9.17) is 9.47 Å². The van der Waals surface area contributed by atoms with Crippen molar-refractivity contribution in [3.8, 4) is 5.75 Å². The molecule has 0 saturated heterocycles. The average Bonchev–Trinajstić information content (AvgIpc) is 2.62. The Bertz CT molecular complexity index is 644. The maximum atomic E-state index is 12.2. The van der Waals surface area contributed by atoms with E-state index >= 15 is 0 Å². The van der Waals surface area contributed by atoms with E-state index < -0.39 is 0 Å². The third kappa shape index (κ3) is 5.55. The number of nitrogens with one attached hydrogen (secondary N) is 2. The number of methoxy groups -OCH3 is 1. The summed E-state index contributed by atoms with van der Waals surface area (Å²) in [7, 11) is 1.59. The first-order valence-corrected chi connectivity index (χ1v) is 7.96.